The third-order valence-corrected chi connectivity index (χ3v) is 3.23. The van der Waals surface area contributed by atoms with Crippen LogP contribution in [-0.2, 0) is 4.74 Å². The SMILES string of the molecule is CCOC(C)CNc1nc(NC)nc(N2CCCC2)n1. The highest BCUT2D eigenvalue weighted by atomic mass is 16.5. The van der Waals surface area contributed by atoms with Crippen molar-refractivity contribution in [3.05, 3.63) is 0 Å². The number of nitrogens with one attached hydrogen (secondary N) is 2. The third kappa shape index (κ3) is 3.93. The van der Waals surface area contributed by atoms with Gasteiger partial charge in [0.15, 0.2) is 0 Å². The van der Waals surface area contributed by atoms with Crippen LogP contribution in [-0.4, -0.2) is 54.3 Å². The standard InChI is InChI=1S/C13H24N6O/c1-4-20-10(2)9-15-12-16-11(14-3)17-13(18-12)19-7-5-6-8-19/h10H,4-9H2,1-3H3,(H2,14,15,16,17,18). The number of aromatic nitrogens is 3. The Bertz CT molecular complexity index is 421. The molecule has 0 bridgehead atoms. The fourth-order valence-electron chi connectivity index (χ4n) is 2.19. The minimum atomic E-state index is 0.130. The summed E-state index contributed by atoms with van der Waals surface area (Å²) in [6.45, 7) is 7.44. The molecule has 2 rings (SSSR count). The van der Waals surface area contributed by atoms with Crippen molar-refractivity contribution < 1.29 is 4.74 Å². The molecule has 0 radical (unpaired) electrons. The molecular formula is C13H24N6O. The van der Waals surface area contributed by atoms with E-state index in [2.05, 4.69) is 30.5 Å². The number of ether oxygens (including phenoxy) is 1. The quantitative estimate of drug-likeness (QED) is 0.780. The molecule has 1 aromatic rings. The van der Waals surface area contributed by atoms with Gasteiger partial charge in [0.25, 0.3) is 0 Å². The maximum Gasteiger partial charge on any atom is 0.231 e. The molecule has 1 unspecified atom stereocenters. The Balaban J connectivity index is 2.05. The summed E-state index contributed by atoms with van der Waals surface area (Å²) >= 11 is 0. The van der Waals surface area contributed by atoms with Gasteiger partial charge in [0.1, 0.15) is 0 Å². The van der Waals surface area contributed by atoms with Gasteiger partial charge in [-0.2, -0.15) is 15.0 Å². The molecule has 20 heavy (non-hydrogen) atoms. The van der Waals surface area contributed by atoms with Gasteiger partial charge in [-0.3, -0.25) is 0 Å². The van der Waals surface area contributed by atoms with Gasteiger partial charge >= 0.3 is 0 Å². The molecule has 2 heterocycles. The molecule has 112 valence electrons. The van der Waals surface area contributed by atoms with Crippen LogP contribution < -0.4 is 15.5 Å². The first-order valence-electron chi connectivity index (χ1n) is 7.27. The minimum Gasteiger partial charge on any atom is -0.377 e. The van der Waals surface area contributed by atoms with E-state index < -0.39 is 0 Å². The van der Waals surface area contributed by atoms with Gasteiger partial charge in [0.2, 0.25) is 17.8 Å². The van der Waals surface area contributed by atoms with Crippen LogP contribution in [0.15, 0.2) is 0 Å². The van der Waals surface area contributed by atoms with Crippen LogP contribution in [0.3, 0.4) is 0 Å². The van der Waals surface area contributed by atoms with E-state index in [0.717, 1.165) is 19.0 Å². The van der Waals surface area contributed by atoms with Gasteiger partial charge in [-0.15, -0.1) is 0 Å². The van der Waals surface area contributed by atoms with E-state index in [0.29, 0.717) is 25.0 Å². The lowest BCUT2D eigenvalue weighted by Crippen LogP contribution is -2.24. The molecular weight excluding hydrogens is 256 g/mol. The molecule has 7 nitrogen and oxygen atoms in total. The van der Waals surface area contributed by atoms with Crippen molar-refractivity contribution >= 4 is 17.8 Å². The fraction of sp³-hybridized carbons (Fsp3) is 0.769. The first-order valence-corrected chi connectivity index (χ1v) is 7.27. The Morgan fingerprint density at radius 2 is 1.90 bits per heavy atom. The van der Waals surface area contributed by atoms with Crippen molar-refractivity contribution in [2.24, 2.45) is 0 Å². The van der Waals surface area contributed by atoms with Gasteiger partial charge in [0, 0.05) is 33.3 Å². The fourth-order valence-corrected chi connectivity index (χ4v) is 2.19. The van der Waals surface area contributed by atoms with E-state index in [1.54, 1.807) is 0 Å². The van der Waals surface area contributed by atoms with E-state index >= 15 is 0 Å². The second kappa shape index (κ2) is 7.23. The second-order valence-corrected chi connectivity index (χ2v) is 4.87. The molecule has 0 spiro atoms. The number of hydrogen-bond acceptors (Lipinski definition) is 7. The Hall–Kier alpha value is -1.63. The smallest absolute Gasteiger partial charge is 0.231 e. The van der Waals surface area contributed by atoms with Crippen molar-refractivity contribution in [2.45, 2.75) is 32.8 Å². The van der Waals surface area contributed by atoms with Gasteiger partial charge in [-0.1, -0.05) is 0 Å². The Morgan fingerprint density at radius 1 is 1.20 bits per heavy atom. The molecule has 1 aliphatic heterocycles. The Labute approximate surface area is 120 Å². The van der Waals surface area contributed by atoms with Gasteiger partial charge in [-0.25, -0.2) is 0 Å². The molecule has 1 saturated heterocycles. The predicted molar refractivity (Wildman–Crippen MR) is 80.4 cm³/mol. The average molecular weight is 280 g/mol. The number of nitrogens with zero attached hydrogens (tertiary/aromatic N) is 4. The van der Waals surface area contributed by atoms with Crippen LogP contribution in [0.25, 0.3) is 0 Å². The van der Waals surface area contributed by atoms with Crippen LogP contribution in [0.1, 0.15) is 26.7 Å². The molecule has 0 aromatic carbocycles. The lowest BCUT2D eigenvalue weighted by molar-refractivity contribution is 0.0854. The number of anilines is 3. The molecule has 1 aromatic heterocycles. The highest BCUT2D eigenvalue weighted by Crippen LogP contribution is 2.18. The third-order valence-electron chi connectivity index (χ3n) is 3.23. The molecule has 0 saturated carbocycles. The van der Waals surface area contributed by atoms with Crippen molar-refractivity contribution in [3.8, 4) is 0 Å². The van der Waals surface area contributed by atoms with Crippen LogP contribution in [0, 0.1) is 0 Å². The number of rotatable bonds is 7. The van der Waals surface area contributed by atoms with E-state index in [1.165, 1.54) is 12.8 Å². The van der Waals surface area contributed by atoms with Gasteiger partial charge in [-0.05, 0) is 26.7 Å². The molecule has 1 fully saturated rings. The van der Waals surface area contributed by atoms with E-state index in [-0.39, 0.29) is 6.10 Å². The zero-order valence-electron chi connectivity index (χ0n) is 12.5. The molecule has 7 heteroatoms. The van der Waals surface area contributed by atoms with E-state index in [1.807, 2.05) is 20.9 Å². The molecule has 0 amide bonds. The summed E-state index contributed by atoms with van der Waals surface area (Å²) in [5.74, 6) is 1.93. The van der Waals surface area contributed by atoms with Crippen LogP contribution in [0.5, 0.6) is 0 Å². The van der Waals surface area contributed by atoms with Crippen molar-refractivity contribution in [1.82, 2.24) is 15.0 Å². The van der Waals surface area contributed by atoms with Gasteiger partial charge < -0.3 is 20.3 Å². The van der Waals surface area contributed by atoms with Crippen LogP contribution in [0.4, 0.5) is 17.8 Å². The summed E-state index contributed by atoms with van der Waals surface area (Å²) in [5.41, 5.74) is 0. The first kappa shape index (κ1) is 14.8. The van der Waals surface area contributed by atoms with E-state index in [9.17, 15) is 0 Å². The summed E-state index contributed by atoms with van der Waals surface area (Å²) in [5, 5.41) is 6.20. The highest BCUT2D eigenvalue weighted by molar-refractivity contribution is 5.44. The summed E-state index contributed by atoms with van der Waals surface area (Å²) in [6.07, 6.45) is 2.53. The zero-order valence-corrected chi connectivity index (χ0v) is 12.5. The first-order chi connectivity index (χ1) is 9.72. The molecule has 0 aliphatic carbocycles. The largest absolute Gasteiger partial charge is 0.377 e. The predicted octanol–water partition coefficient (Wildman–Crippen LogP) is 1.35. The monoisotopic (exact) mass is 280 g/mol. The van der Waals surface area contributed by atoms with Crippen LogP contribution in [0.2, 0.25) is 0 Å². The summed E-state index contributed by atoms with van der Waals surface area (Å²) in [6, 6.07) is 0. The molecule has 1 atom stereocenters. The maximum absolute atomic E-state index is 5.49. The summed E-state index contributed by atoms with van der Waals surface area (Å²) < 4.78 is 5.49. The normalized spacial score (nSPS) is 16.2. The lowest BCUT2D eigenvalue weighted by atomic mass is 10.4. The summed E-state index contributed by atoms with van der Waals surface area (Å²) in [4.78, 5) is 15.4. The molecule has 2 N–H and O–H groups in total. The zero-order chi connectivity index (χ0) is 14.4. The second-order valence-electron chi connectivity index (χ2n) is 4.87. The minimum absolute atomic E-state index is 0.130. The number of hydrogen-bond donors (Lipinski definition) is 2. The maximum atomic E-state index is 5.49. The van der Waals surface area contributed by atoms with Crippen molar-refractivity contribution in [1.29, 1.82) is 0 Å². The van der Waals surface area contributed by atoms with Gasteiger partial charge in [0.05, 0.1) is 6.10 Å². The average Bonchev–Trinajstić information content (AvgIpc) is 2.99. The van der Waals surface area contributed by atoms with Crippen molar-refractivity contribution in [2.75, 3.05) is 48.8 Å². The molecule has 1 aliphatic rings. The van der Waals surface area contributed by atoms with Crippen molar-refractivity contribution in [3.63, 3.8) is 0 Å². The highest BCUT2D eigenvalue weighted by Gasteiger charge is 2.17. The van der Waals surface area contributed by atoms with E-state index in [4.69, 9.17) is 4.74 Å². The topological polar surface area (TPSA) is 75.2 Å². The Morgan fingerprint density at radius 3 is 2.55 bits per heavy atom. The Kier molecular flexibility index (Phi) is 5.34. The van der Waals surface area contributed by atoms with Crippen LogP contribution >= 0.6 is 0 Å². The lowest BCUT2D eigenvalue weighted by Gasteiger charge is -2.17. The summed E-state index contributed by atoms with van der Waals surface area (Å²) in [7, 11) is 1.82.